The second-order valence-electron chi connectivity index (χ2n) is 11.5. The van der Waals surface area contributed by atoms with Crippen molar-refractivity contribution in [3.63, 3.8) is 0 Å². The van der Waals surface area contributed by atoms with Gasteiger partial charge in [0, 0.05) is 31.6 Å². The number of amides is 1. The fourth-order valence-electron chi connectivity index (χ4n) is 7.83. The highest BCUT2D eigenvalue weighted by molar-refractivity contribution is 5.91. The summed E-state index contributed by atoms with van der Waals surface area (Å²) in [4.78, 5) is 24.6. The number of fused-ring (bicyclic) bond motifs is 1. The van der Waals surface area contributed by atoms with E-state index in [1.165, 1.54) is 44.1 Å². The van der Waals surface area contributed by atoms with E-state index in [-0.39, 0.29) is 17.9 Å². The van der Waals surface area contributed by atoms with Crippen molar-refractivity contribution >= 4 is 11.7 Å². The van der Waals surface area contributed by atoms with E-state index in [1.54, 1.807) is 6.33 Å². The number of aliphatic hydroxyl groups excluding tert-OH is 1. The van der Waals surface area contributed by atoms with Crippen LogP contribution in [-0.2, 0) is 24.3 Å². The number of carbonyl (C=O) groups excluding carboxylic acids is 1. The Kier molecular flexibility index (Phi) is 6.23. The van der Waals surface area contributed by atoms with Gasteiger partial charge in [-0.05, 0) is 85.8 Å². The van der Waals surface area contributed by atoms with E-state index in [4.69, 9.17) is 9.84 Å². The molecule has 2 N–H and O–H groups in total. The molecule has 1 aromatic heterocycles. The molecule has 0 atom stereocenters. The van der Waals surface area contributed by atoms with Crippen LogP contribution in [-0.4, -0.2) is 45.6 Å². The summed E-state index contributed by atoms with van der Waals surface area (Å²) in [5.41, 5.74) is 3.49. The Morgan fingerprint density at radius 2 is 1.91 bits per heavy atom. The SMILES string of the molecule is O=C(CC12CC3CC(CC(C3)C1)C2)Nc1ncnc2c1CCN(Cc1cccc(OCCO)c1)C2. The molecule has 0 spiro atoms. The predicted molar refractivity (Wildman–Crippen MR) is 133 cm³/mol. The average molecular weight is 477 g/mol. The third-order valence-corrected chi connectivity index (χ3v) is 8.71. The van der Waals surface area contributed by atoms with Gasteiger partial charge in [0.15, 0.2) is 0 Å². The lowest BCUT2D eigenvalue weighted by Gasteiger charge is -2.56. The van der Waals surface area contributed by atoms with E-state index in [0.29, 0.717) is 18.8 Å². The molecule has 1 aliphatic heterocycles. The zero-order valence-corrected chi connectivity index (χ0v) is 20.4. The first kappa shape index (κ1) is 22.9. The molecule has 186 valence electrons. The van der Waals surface area contributed by atoms with Crippen molar-refractivity contribution in [1.82, 2.24) is 14.9 Å². The molecule has 0 saturated heterocycles. The van der Waals surface area contributed by atoms with E-state index in [2.05, 4.69) is 26.3 Å². The van der Waals surface area contributed by atoms with Crippen LogP contribution in [0.5, 0.6) is 5.75 Å². The van der Waals surface area contributed by atoms with E-state index in [1.807, 2.05) is 18.2 Å². The summed E-state index contributed by atoms with van der Waals surface area (Å²) >= 11 is 0. The molecule has 1 aromatic carbocycles. The smallest absolute Gasteiger partial charge is 0.226 e. The van der Waals surface area contributed by atoms with Crippen molar-refractivity contribution in [2.75, 3.05) is 25.1 Å². The van der Waals surface area contributed by atoms with E-state index < -0.39 is 0 Å². The summed E-state index contributed by atoms with van der Waals surface area (Å²) < 4.78 is 5.55. The molecule has 1 amide bonds. The minimum atomic E-state index is 0.00819. The molecule has 4 aliphatic carbocycles. The number of hydrogen-bond acceptors (Lipinski definition) is 6. The van der Waals surface area contributed by atoms with Crippen LogP contribution in [0.3, 0.4) is 0 Å². The van der Waals surface area contributed by atoms with Crippen LogP contribution >= 0.6 is 0 Å². The van der Waals surface area contributed by atoms with Gasteiger partial charge in [-0.25, -0.2) is 9.97 Å². The molecule has 7 nitrogen and oxygen atoms in total. The Hall–Kier alpha value is -2.51. The fraction of sp³-hybridized carbons (Fsp3) is 0.607. The summed E-state index contributed by atoms with van der Waals surface area (Å²) in [6, 6.07) is 8.02. The minimum absolute atomic E-state index is 0.00819. The molecule has 0 radical (unpaired) electrons. The molecule has 0 unspecified atom stereocenters. The minimum Gasteiger partial charge on any atom is -0.491 e. The van der Waals surface area contributed by atoms with Gasteiger partial charge in [-0.1, -0.05) is 12.1 Å². The van der Waals surface area contributed by atoms with Gasteiger partial charge < -0.3 is 15.2 Å². The zero-order valence-electron chi connectivity index (χ0n) is 20.4. The summed E-state index contributed by atoms with van der Waals surface area (Å²) in [7, 11) is 0. The molecule has 4 fully saturated rings. The topological polar surface area (TPSA) is 87.6 Å². The summed E-state index contributed by atoms with van der Waals surface area (Å²) in [6.45, 7) is 2.73. The van der Waals surface area contributed by atoms with Gasteiger partial charge >= 0.3 is 0 Å². The van der Waals surface area contributed by atoms with Crippen LogP contribution in [0.4, 0.5) is 5.82 Å². The highest BCUT2D eigenvalue weighted by Crippen LogP contribution is 2.61. The summed E-state index contributed by atoms with van der Waals surface area (Å²) in [6.07, 6.45) is 11.0. The second-order valence-corrected chi connectivity index (χ2v) is 11.5. The molecular weight excluding hydrogens is 440 g/mol. The molecule has 2 heterocycles. The van der Waals surface area contributed by atoms with Crippen LogP contribution in [0, 0.1) is 23.2 Å². The molecule has 5 aliphatic rings. The molecule has 7 rings (SSSR count). The first-order chi connectivity index (χ1) is 17.1. The van der Waals surface area contributed by atoms with Gasteiger partial charge in [-0.15, -0.1) is 0 Å². The standard InChI is InChI=1S/C28H36N4O3/c33-6-7-35-23-3-1-2-19(11-23)16-32-5-4-24-25(17-32)29-18-30-27(24)31-26(34)15-28-12-20-8-21(13-28)10-22(9-20)14-28/h1-3,11,18,20-22,33H,4-10,12-17H2,(H,29,30,31,34). The summed E-state index contributed by atoms with van der Waals surface area (Å²) in [5, 5.41) is 12.2. The van der Waals surface area contributed by atoms with Gasteiger partial charge in [0.05, 0.1) is 12.3 Å². The van der Waals surface area contributed by atoms with Crippen molar-refractivity contribution in [2.24, 2.45) is 23.2 Å². The van der Waals surface area contributed by atoms with Crippen molar-refractivity contribution in [3.05, 3.63) is 47.4 Å². The lowest BCUT2D eigenvalue weighted by Crippen LogP contribution is -2.47. The third kappa shape index (κ3) is 4.94. The number of hydrogen-bond donors (Lipinski definition) is 2. The van der Waals surface area contributed by atoms with Crippen LogP contribution < -0.4 is 10.1 Å². The van der Waals surface area contributed by atoms with Crippen LogP contribution in [0.1, 0.15) is 61.8 Å². The van der Waals surface area contributed by atoms with Gasteiger partial charge in [0.1, 0.15) is 24.5 Å². The maximum atomic E-state index is 13.2. The number of anilines is 1. The Morgan fingerprint density at radius 1 is 1.14 bits per heavy atom. The van der Waals surface area contributed by atoms with Crippen LogP contribution in [0.2, 0.25) is 0 Å². The quantitative estimate of drug-likeness (QED) is 0.600. The number of rotatable bonds is 8. The molecule has 35 heavy (non-hydrogen) atoms. The van der Waals surface area contributed by atoms with Gasteiger partial charge in [0.2, 0.25) is 5.91 Å². The lowest BCUT2D eigenvalue weighted by atomic mass is 9.49. The maximum Gasteiger partial charge on any atom is 0.226 e. The lowest BCUT2D eigenvalue weighted by molar-refractivity contribution is -0.124. The number of ether oxygens (including phenoxy) is 1. The number of nitrogens with zero attached hydrogens (tertiary/aromatic N) is 3. The Labute approximate surface area is 207 Å². The molecule has 4 bridgehead atoms. The largest absolute Gasteiger partial charge is 0.491 e. The molecular formula is C28H36N4O3. The number of aromatic nitrogens is 2. The molecule has 4 saturated carbocycles. The maximum absolute atomic E-state index is 13.2. The first-order valence-electron chi connectivity index (χ1n) is 13.2. The Balaban J connectivity index is 1.09. The fourth-order valence-corrected chi connectivity index (χ4v) is 7.83. The zero-order chi connectivity index (χ0) is 23.8. The van der Waals surface area contributed by atoms with Crippen molar-refractivity contribution in [3.8, 4) is 5.75 Å². The van der Waals surface area contributed by atoms with E-state index in [9.17, 15) is 4.79 Å². The second kappa shape index (κ2) is 9.51. The molecule has 2 aromatic rings. The van der Waals surface area contributed by atoms with Crippen molar-refractivity contribution < 1.29 is 14.6 Å². The van der Waals surface area contributed by atoms with Crippen molar-refractivity contribution in [2.45, 2.75) is 64.5 Å². The normalized spacial score (nSPS) is 29.1. The summed E-state index contributed by atoms with van der Waals surface area (Å²) in [5.74, 6) is 4.19. The highest BCUT2D eigenvalue weighted by Gasteiger charge is 2.51. The Morgan fingerprint density at radius 3 is 2.66 bits per heavy atom. The Bertz CT molecular complexity index is 1050. The van der Waals surface area contributed by atoms with Crippen molar-refractivity contribution in [1.29, 1.82) is 0 Å². The number of nitrogens with one attached hydrogen (secondary N) is 1. The average Bonchev–Trinajstić information content (AvgIpc) is 2.82. The number of aliphatic hydroxyl groups is 1. The first-order valence-corrected chi connectivity index (χ1v) is 13.2. The van der Waals surface area contributed by atoms with Gasteiger partial charge in [0.25, 0.3) is 0 Å². The monoisotopic (exact) mass is 476 g/mol. The highest BCUT2D eigenvalue weighted by atomic mass is 16.5. The van der Waals surface area contributed by atoms with E-state index >= 15 is 0 Å². The van der Waals surface area contributed by atoms with Gasteiger partial charge in [-0.3, -0.25) is 9.69 Å². The van der Waals surface area contributed by atoms with Crippen LogP contribution in [0.25, 0.3) is 0 Å². The molecule has 7 heteroatoms. The predicted octanol–water partition coefficient (Wildman–Crippen LogP) is 3.95. The van der Waals surface area contributed by atoms with E-state index in [0.717, 1.165) is 60.8 Å². The van der Waals surface area contributed by atoms with Gasteiger partial charge in [-0.2, -0.15) is 0 Å². The van der Waals surface area contributed by atoms with Crippen LogP contribution in [0.15, 0.2) is 30.6 Å². The third-order valence-electron chi connectivity index (χ3n) is 8.71. The number of benzene rings is 1. The number of carbonyl (C=O) groups is 1.